The fourth-order valence-corrected chi connectivity index (χ4v) is 1.18. The van der Waals surface area contributed by atoms with Crippen LogP contribution >= 0.6 is 11.6 Å². The quantitative estimate of drug-likeness (QED) is 0.479. The third-order valence-corrected chi connectivity index (χ3v) is 2.33. The van der Waals surface area contributed by atoms with E-state index in [0.717, 1.165) is 11.6 Å². The van der Waals surface area contributed by atoms with Crippen LogP contribution in [-0.4, -0.2) is 18.2 Å². The molecule has 1 rings (SSSR count). The number of carbonyl (C=O) groups is 1. The normalized spacial score (nSPS) is 11.3. The molecule has 0 aromatic heterocycles. The summed E-state index contributed by atoms with van der Waals surface area (Å²) in [5.41, 5.74) is 1.36. The van der Waals surface area contributed by atoms with E-state index in [-0.39, 0.29) is 5.76 Å². The van der Waals surface area contributed by atoms with E-state index in [1.165, 1.54) is 7.11 Å². The third-order valence-electron chi connectivity index (χ3n) is 1.91. The zero-order valence-corrected chi connectivity index (χ0v) is 9.21. The minimum atomic E-state index is -0.597. The van der Waals surface area contributed by atoms with Gasteiger partial charge >= 0.3 is 5.97 Å². The predicted octanol–water partition coefficient (Wildman–Crippen LogP) is 2.72. The Morgan fingerprint density at radius 1 is 1.53 bits per heavy atom. The molecule has 15 heavy (non-hydrogen) atoms. The molecule has 0 saturated heterocycles. The Morgan fingerprint density at radius 2 is 2.20 bits per heavy atom. The molecule has 0 amide bonds. The number of ether oxygens (including phenoxy) is 1. The van der Waals surface area contributed by atoms with Crippen molar-refractivity contribution in [2.24, 2.45) is 0 Å². The first kappa shape index (κ1) is 11.6. The van der Waals surface area contributed by atoms with E-state index < -0.39 is 5.97 Å². The van der Waals surface area contributed by atoms with Crippen molar-refractivity contribution in [2.45, 2.75) is 6.92 Å². The fraction of sp³-hybridized carbons (Fsp3) is 0.182. The number of hydrogen-bond acceptors (Lipinski definition) is 3. The minimum absolute atomic E-state index is 0.137. The maximum atomic E-state index is 10.9. The van der Waals surface area contributed by atoms with Crippen molar-refractivity contribution >= 4 is 23.3 Å². The van der Waals surface area contributed by atoms with Gasteiger partial charge in [0.1, 0.15) is 5.76 Å². The number of aliphatic hydroxyl groups is 1. The van der Waals surface area contributed by atoms with E-state index in [9.17, 15) is 9.90 Å². The molecule has 1 N–H and O–H groups in total. The van der Waals surface area contributed by atoms with Gasteiger partial charge in [0.15, 0.2) is 0 Å². The van der Waals surface area contributed by atoms with E-state index in [2.05, 4.69) is 4.74 Å². The van der Waals surface area contributed by atoms with E-state index >= 15 is 0 Å². The van der Waals surface area contributed by atoms with Crippen LogP contribution in [0.4, 0.5) is 0 Å². The molecule has 4 heteroatoms. The number of methoxy groups -OCH3 is 1. The molecule has 3 nitrogen and oxygen atoms in total. The second kappa shape index (κ2) is 4.84. The lowest BCUT2D eigenvalue weighted by Gasteiger charge is -2.03. The Hall–Kier alpha value is -1.48. The van der Waals surface area contributed by atoms with Gasteiger partial charge in [0.25, 0.3) is 0 Å². The van der Waals surface area contributed by atoms with Gasteiger partial charge in [-0.1, -0.05) is 11.6 Å². The number of aryl methyl sites for hydroxylation is 1. The Labute approximate surface area is 92.9 Å². The van der Waals surface area contributed by atoms with Crippen LogP contribution in [0.1, 0.15) is 11.1 Å². The first-order valence-electron chi connectivity index (χ1n) is 4.29. The summed E-state index contributed by atoms with van der Waals surface area (Å²) >= 11 is 5.83. The van der Waals surface area contributed by atoms with Crippen LogP contribution in [0, 0.1) is 6.92 Å². The molecule has 0 spiro atoms. The molecular weight excluding hydrogens is 216 g/mol. The zero-order chi connectivity index (χ0) is 11.4. The highest BCUT2D eigenvalue weighted by Gasteiger charge is 2.04. The SMILES string of the molecule is COC(=O)/C=C(\O)c1ccc(Cl)c(C)c1. The number of rotatable bonds is 2. The van der Waals surface area contributed by atoms with Crippen LogP contribution in [0.5, 0.6) is 0 Å². The lowest BCUT2D eigenvalue weighted by molar-refractivity contribution is -0.134. The third kappa shape index (κ3) is 2.99. The van der Waals surface area contributed by atoms with Crippen molar-refractivity contribution in [3.05, 3.63) is 40.4 Å². The Bertz CT molecular complexity index is 410. The topological polar surface area (TPSA) is 46.5 Å². The molecule has 0 heterocycles. The van der Waals surface area contributed by atoms with Gasteiger partial charge < -0.3 is 9.84 Å². The van der Waals surface area contributed by atoms with Gasteiger partial charge in [0.05, 0.1) is 13.2 Å². The Kier molecular flexibility index (Phi) is 3.74. The summed E-state index contributed by atoms with van der Waals surface area (Å²) < 4.78 is 4.39. The molecule has 0 aliphatic rings. The summed E-state index contributed by atoms with van der Waals surface area (Å²) in [7, 11) is 1.25. The second-order valence-corrected chi connectivity index (χ2v) is 3.42. The van der Waals surface area contributed by atoms with E-state index in [4.69, 9.17) is 11.6 Å². The van der Waals surface area contributed by atoms with Crippen molar-refractivity contribution < 1.29 is 14.6 Å². The van der Waals surface area contributed by atoms with E-state index in [0.29, 0.717) is 10.6 Å². The maximum Gasteiger partial charge on any atom is 0.334 e. The molecular formula is C11H11ClO3. The summed E-state index contributed by atoms with van der Waals surface area (Å²) in [5, 5.41) is 10.2. The molecule has 0 saturated carbocycles. The van der Waals surface area contributed by atoms with Crippen LogP contribution in [0.2, 0.25) is 5.02 Å². The number of hydrogen-bond donors (Lipinski definition) is 1. The molecule has 1 aromatic rings. The molecule has 0 fully saturated rings. The second-order valence-electron chi connectivity index (χ2n) is 3.02. The highest BCUT2D eigenvalue weighted by Crippen LogP contribution is 2.20. The number of aliphatic hydroxyl groups excluding tert-OH is 1. The number of halogens is 1. The van der Waals surface area contributed by atoms with Gasteiger partial charge in [-0.05, 0) is 30.7 Å². The Morgan fingerprint density at radius 3 is 2.73 bits per heavy atom. The Balaban J connectivity index is 3.01. The van der Waals surface area contributed by atoms with Gasteiger partial charge in [-0.25, -0.2) is 4.79 Å². The van der Waals surface area contributed by atoms with Crippen LogP contribution < -0.4 is 0 Å². The molecule has 0 unspecified atom stereocenters. The van der Waals surface area contributed by atoms with Crippen molar-refractivity contribution in [3.63, 3.8) is 0 Å². The van der Waals surface area contributed by atoms with E-state index in [1.807, 2.05) is 6.92 Å². The lowest BCUT2D eigenvalue weighted by atomic mass is 10.1. The van der Waals surface area contributed by atoms with Crippen LogP contribution in [0.15, 0.2) is 24.3 Å². The zero-order valence-electron chi connectivity index (χ0n) is 8.45. The number of benzene rings is 1. The highest BCUT2D eigenvalue weighted by molar-refractivity contribution is 6.31. The van der Waals surface area contributed by atoms with Crippen LogP contribution in [-0.2, 0) is 9.53 Å². The van der Waals surface area contributed by atoms with Crippen molar-refractivity contribution in [1.29, 1.82) is 0 Å². The summed E-state index contributed by atoms with van der Waals surface area (Å²) in [4.78, 5) is 10.9. The minimum Gasteiger partial charge on any atom is -0.507 e. The monoisotopic (exact) mass is 226 g/mol. The van der Waals surface area contributed by atoms with Crippen LogP contribution in [0.3, 0.4) is 0 Å². The molecule has 80 valence electrons. The first-order valence-corrected chi connectivity index (χ1v) is 4.67. The van der Waals surface area contributed by atoms with Crippen LogP contribution in [0.25, 0.3) is 5.76 Å². The molecule has 0 radical (unpaired) electrons. The number of carbonyl (C=O) groups excluding carboxylic acids is 1. The van der Waals surface area contributed by atoms with Gasteiger partial charge in [-0.2, -0.15) is 0 Å². The fourth-order valence-electron chi connectivity index (χ4n) is 1.06. The van der Waals surface area contributed by atoms with Gasteiger partial charge in [0, 0.05) is 10.6 Å². The summed E-state index contributed by atoms with van der Waals surface area (Å²) in [6.45, 7) is 1.82. The summed E-state index contributed by atoms with van der Waals surface area (Å²) in [6.07, 6.45) is 1.02. The average molecular weight is 227 g/mol. The largest absolute Gasteiger partial charge is 0.507 e. The number of esters is 1. The molecule has 0 bridgehead atoms. The van der Waals surface area contributed by atoms with Gasteiger partial charge in [0.2, 0.25) is 0 Å². The van der Waals surface area contributed by atoms with Gasteiger partial charge in [-0.3, -0.25) is 0 Å². The first-order chi connectivity index (χ1) is 7.04. The molecule has 0 atom stereocenters. The van der Waals surface area contributed by atoms with Crippen molar-refractivity contribution in [1.82, 2.24) is 0 Å². The van der Waals surface area contributed by atoms with Gasteiger partial charge in [-0.15, -0.1) is 0 Å². The molecule has 0 aliphatic heterocycles. The molecule has 1 aromatic carbocycles. The standard InChI is InChI=1S/C11H11ClO3/c1-7-5-8(3-4-9(7)12)10(13)6-11(14)15-2/h3-6,13H,1-2H3/b10-6-. The maximum absolute atomic E-state index is 10.9. The molecule has 0 aliphatic carbocycles. The van der Waals surface area contributed by atoms with Crippen molar-refractivity contribution in [3.8, 4) is 0 Å². The lowest BCUT2D eigenvalue weighted by Crippen LogP contribution is -1.97. The highest BCUT2D eigenvalue weighted by atomic mass is 35.5. The summed E-state index contributed by atoms with van der Waals surface area (Å²) in [5.74, 6) is -0.735. The summed E-state index contributed by atoms with van der Waals surface area (Å²) in [6, 6.07) is 4.98. The van der Waals surface area contributed by atoms with Crippen molar-refractivity contribution in [2.75, 3.05) is 7.11 Å². The smallest absolute Gasteiger partial charge is 0.334 e. The average Bonchev–Trinajstić information content (AvgIpc) is 2.21. The van der Waals surface area contributed by atoms with E-state index in [1.54, 1.807) is 18.2 Å². The predicted molar refractivity (Wildman–Crippen MR) is 58.8 cm³/mol.